The number of hydrogen-bond acceptors (Lipinski definition) is 1. The third-order valence-electron chi connectivity index (χ3n) is 2.58. The van der Waals surface area contributed by atoms with Crippen molar-refractivity contribution in [1.82, 2.24) is 4.90 Å². The van der Waals surface area contributed by atoms with Crippen LogP contribution in [0.15, 0.2) is 0 Å². The van der Waals surface area contributed by atoms with E-state index in [1.165, 1.54) is 51.7 Å². The van der Waals surface area contributed by atoms with Gasteiger partial charge < -0.3 is 4.90 Å². The number of rotatable bonds is 7. The van der Waals surface area contributed by atoms with Crippen LogP contribution in [0.5, 0.6) is 0 Å². The molecule has 1 nitrogen and oxygen atoms in total. The Morgan fingerprint density at radius 1 is 1.08 bits per heavy atom. The zero-order valence-electron chi connectivity index (χ0n) is 8.68. The van der Waals surface area contributed by atoms with Crippen LogP contribution in [0.25, 0.3) is 0 Å². The van der Waals surface area contributed by atoms with Gasteiger partial charge >= 0.3 is 0 Å². The maximum Gasteiger partial charge on any atom is 0.000966 e. The third-order valence-corrected chi connectivity index (χ3v) is 2.58. The van der Waals surface area contributed by atoms with Crippen LogP contribution in [0.3, 0.4) is 0 Å². The Labute approximate surface area is 77.1 Å². The normalized spacial score (nSPS) is 17.2. The minimum Gasteiger partial charge on any atom is -0.303 e. The van der Waals surface area contributed by atoms with Crippen LogP contribution in [-0.2, 0) is 0 Å². The first-order valence-corrected chi connectivity index (χ1v) is 5.59. The minimum absolute atomic E-state index is 1.06. The van der Waals surface area contributed by atoms with E-state index in [0.29, 0.717) is 0 Å². The highest BCUT2D eigenvalue weighted by molar-refractivity contribution is 4.77. The van der Waals surface area contributed by atoms with Crippen LogP contribution in [0.2, 0.25) is 0 Å². The Morgan fingerprint density at radius 2 is 1.83 bits per heavy atom. The molecule has 0 aromatic rings. The SMILES string of the molecule is CCCCN(CCC)CC1CC1. The molecule has 0 saturated heterocycles. The van der Waals surface area contributed by atoms with Gasteiger partial charge in [0, 0.05) is 6.54 Å². The quantitative estimate of drug-likeness (QED) is 0.566. The minimum atomic E-state index is 1.06. The molecule has 0 amide bonds. The van der Waals surface area contributed by atoms with E-state index in [2.05, 4.69) is 18.7 Å². The number of nitrogens with zero attached hydrogens (tertiary/aromatic N) is 1. The molecular weight excluding hydrogens is 146 g/mol. The van der Waals surface area contributed by atoms with E-state index in [4.69, 9.17) is 0 Å². The lowest BCUT2D eigenvalue weighted by Gasteiger charge is -2.20. The van der Waals surface area contributed by atoms with Crippen molar-refractivity contribution in [1.29, 1.82) is 0 Å². The fourth-order valence-corrected chi connectivity index (χ4v) is 1.66. The lowest BCUT2D eigenvalue weighted by atomic mass is 10.2. The molecule has 0 bridgehead atoms. The van der Waals surface area contributed by atoms with E-state index >= 15 is 0 Å². The summed E-state index contributed by atoms with van der Waals surface area (Å²) >= 11 is 0. The van der Waals surface area contributed by atoms with E-state index in [0.717, 1.165) is 5.92 Å². The highest BCUT2D eigenvalue weighted by Crippen LogP contribution is 2.29. The summed E-state index contributed by atoms with van der Waals surface area (Å²) in [6, 6.07) is 0. The average Bonchev–Trinajstić information content (AvgIpc) is 2.84. The van der Waals surface area contributed by atoms with Gasteiger partial charge in [-0.25, -0.2) is 0 Å². The molecule has 0 spiro atoms. The molecule has 1 aliphatic rings. The van der Waals surface area contributed by atoms with Gasteiger partial charge in [0.25, 0.3) is 0 Å². The molecule has 0 radical (unpaired) electrons. The molecule has 0 heterocycles. The molecule has 0 N–H and O–H groups in total. The van der Waals surface area contributed by atoms with Gasteiger partial charge in [0.2, 0.25) is 0 Å². The molecule has 0 aromatic heterocycles. The van der Waals surface area contributed by atoms with Crippen molar-refractivity contribution in [3.05, 3.63) is 0 Å². The summed E-state index contributed by atoms with van der Waals surface area (Å²) in [6.45, 7) is 8.60. The van der Waals surface area contributed by atoms with Crippen molar-refractivity contribution in [2.24, 2.45) is 5.92 Å². The predicted octanol–water partition coefficient (Wildman–Crippen LogP) is 2.91. The van der Waals surface area contributed by atoms with Gasteiger partial charge in [-0.1, -0.05) is 20.3 Å². The highest BCUT2D eigenvalue weighted by atomic mass is 15.1. The second kappa shape index (κ2) is 5.58. The van der Waals surface area contributed by atoms with Gasteiger partial charge in [-0.05, 0) is 44.7 Å². The van der Waals surface area contributed by atoms with Gasteiger partial charge in [0.05, 0.1) is 0 Å². The summed E-state index contributed by atoms with van der Waals surface area (Å²) in [4.78, 5) is 2.65. The Kier molecular flexibility index (Phi) is 4.67. The van der Waals surface area contributed by atoms with Crippen molar-refractivity contribution in [2.75, 3.05) is 19.6 Å². The smallest absolute Gasteiger partial charge is 0.000966 e. The fourth-order valence-electron chi connectivity index (χ4n) is 1.66. The Balaban J connectivity index is 2.07. The van der Waals surface area contributed by atoms with Crippen molar-refractivity contribution in [2.45, 2.75) is 46.0 Å². The fraction of sp³-hybridized carbons (Fsp3) is 1.00. The molecule has 12 heavy (non-hydrogen) atoms. The van der Waals surface area contributed by atoms with E-state index in [-0.39, 0.29) is 0 Å². The van der Waals surface area contributed by atoms with Crippen molar-refractivity contribution >= 4 is 0 Å². The summed E-state index contributed by atoms with van der Waals surface area (Å²) in [5, 5.41) is 0. The second-order valence-corrected chi connectivity index (χ2v) is 4.10. The number of unbranched alkanes of at least 4 members (excludes halogenated alkanes) is 1. The number of hydrogen-bond donors (Lipinski definition) is 0. The standard InChI is InChI=1S/C11H23N/c1-3-5-9-12(8-4-2)10-11-6-7-11/h11H,3-10H2,1-2H3. The Bertz CT molecular complexity index is 108. The molecular formula is C11H23N. The van der Waals surface area contributed by atoms with Crippen LogP contribution in [0.4, 0.5) is 0 Å². The average molecular weight is 169 g/mol. The Morgan fingerprint density at radius 3 is 2.33 bits per heavy atom. The molecule has 1 saturated carbocycles. The van der Waals surface area contributed by atoms with Crippen LogP contribution in [0, 0.1) is 5.92 Å². The second-order valence-electron chi connectivity index (χ2n) is 4.10. The highest BCUT2D eigenvalue weighted by Gasteiger charge is 2.23. The van der Waals surface area contributed by atoms with Gasteiger partial charge in [0.1, 0.15) is 0 Å². The van der Waals surface area contributed by atoms with Crippen LogP contribution >= 0.6 is 0 Å². The maximum atomic E-state index is 2.65. The van der Waals surface area contributed by atoms with E-state index in [9.17, 15) is 0 Å². The summed E-state index contributed by atoms with van der Waals surface area (Å²) in [5.74, 6) is 1.06. The maximum absolute atomic E-state index is 2.65. The summed E-state index contributed by atoms with van der Waals surface area (Å²) in [7, 11) is 0. The Hall–Kier alpha value is -0.0400. The van der Waals surface area contributed by atoms with Crippen molar-refractivity contribution in [3.8, 4) is 0 Å². The van der Waals surface area contributed by atoms with E-state index in [1.54, 1.807) is 0 Å². The van der Waals surface area contributed by atoms with Gasteiger partial charge in [-0.15, -0.1) is 0 Å². The molecule has 0 aliphatic heterocycles. The van der Waals surface area contributed by atoms with Crippen molar-refractivity contribution < 1.29 is 0 Å². The first-order chi connectivity index (χ1) is 5.86. The zero-order chi connectivity index (χ0) is 8.81. The molecule has 1 aliphatic carbocycles. The monoisotopic (exact) mass is 169 g/mol. The van der Waals surface area contributed by atoms with Crippen LogP contribution in [0.1, 0.15) is 46.0 Å². The van der Waals surface area contributed by atoms with Crippen molar-refractivity contribution in [3.63, 3.8) is 0 Å². The topological polar surface area (TPSA) is 3.24 Å². The lowest BCUT2D eigenvalue weighted by Crippen LogP contribution is -2.27. The lowest BCUT2D eigenvalue weighted by molar-refractivity contribution is 0.259. The summed E-state index contributed by atoms with van der Waals surface area (Å²) < 4.78 is 0. The van der Waals surface area contributed by atoms with Gasteiger partial charge in [0.15, 0.2) is 0 Å². The largest absolute Gasteiger partial charge is 0.303 e. The van der Waals surface area contributed by atoms with E-state index < -0.39 is 0 Å². The molecule has 1 fully saturated rings. The molecule has 1 rings (SSSR count). The van der Waals surface area contributed by atoms with Crippen LogP contribution < -0.4 is 0 Å². The predicted molar refractivity (Wildman–Crippen MR) is 54.4 cm³/mol. The van der Waals surface area contributed by atoms with Gasteiger partial charge in [-0.2, -0.15) is 0 Å². The molecule has 72 valence electrons. The summed E-state index contributed by atoms with van der Waals surface area (Å²) in [5.41, 5.74) is 0. The first-order valence-electron chi connectivity index (χ1n) is 5.59. The van der Waals surface area contributed by atoms with Crippen LogP contribution in [-0.4, -0.2) is 24.5 Å². The molecule has 1 heteroatoms. The third kappa shape index (κ3) is 4.10. The van der Waals surface area contributed by atoms with Gasteiger partial charge in [-0.3, -0.25) is 0 Å². The van der Waals surface area contributed by atoms with E-state index in [1.807, 2.05) is 0 Å². The molecule has 0 aromatic carbocycles. The molecule has 0 atom stereocenters. The first kappa shape index (κ1) is 10.0. The zero-order valence-corrected chi connectivity index (χ0v) is 8.68. The molecule has 0 unspecified atom stereocenters. The summed E-state index contributed by atoms with van der Waals surface area (Å²) in [6.07, 6.45) is 7.02.